The lowest BCUT2D eigenvalue weighted by Gasteiger charge is -2.22. The maximum atomic E-state index is 4.30. The van der Waals surface area contributed by atoms with Gasteiger partial charge in [0.15, 0.2) is 0 Å². The summed E-state index contributed by atoms with van der Waals surface area (Å²) in [7, 11) is 2.05. The molecular weight excluding hydrogens is 198 g/mol. The molecule has 0 saturated carbocycles. The van der Waals surface area contributed by atoms with Crippen LogP contribution in [0, 0.1) is 13.8 Å². The second-order valence-electron chi connectivity index (χ2n) is 3.83. The molecule has 0 amide bonds. The number of anilines is 2. The van der Waals surface area contributed by atoms with E-state index in [4.69, 9.17) is 0 Å². The fraction of sp³-hybridized carbons (Fsp3) is 0.231. The Morgan fingerprint density at radius 2 is 1.88 bits per heavy atom. The molecule has 0 aromatic carbocycles. The lowest BCUT2D eigenvalue weighted by molar-refractivity contribution is 1.10. The van der Waals surface area contributed by atoms with E-state index < -0.39 is 0 Å². The van der Waals surface area contributed by atoms with Gasteiger partial charge in [-0.1, -0.05) is 0 Å². The molecular formula is C13H15N3. The Kier molecular flexibility index (Phi) is 2.86. The Labute approximate surface area is 95.8 Å². The first-order valence-electron chi connectivity index (χ1n) is 5.26. The van der Waals surface area contributed by atoms with Gasteiger partial charge < -0.3 is 4.90 Å². The highest BCUT2D eigenvalue weighted by atomic mass is 15.1. The van der Waals surface area contributed by atoms with Gasteiger partial charge in [0.1, 0.15) is 0 Å². The minimum atomic E-state index is 1.03. The molecule has 0 aliphatic carbocycles. The van der Waals surface area contributed by atoms with Gasteiger partial charge in [-0.05, 0) is 37.6 Å². The van der Waals surface area contributed by atoms with Gasteiger partial charge in [0, 0.05) is 31.3 Å². The molecule has 0 fully saturated rings. The molecule has 0 bridgehead atoms. The summed E-state index contributed by atoms with van der Waals surface area (Å²) in [5, 5.41) is 0. The average molecular weight is 213 g/mol. The predicted octanol–water partition coefficient (Wildman–Crippen LogP) is 2.86. The number of aromatic nitrogens is 2. The predicted molar refractivity (Wildman–Crippen MR) is 66.0 cm³/mol. The highest BCUT2D eigenvalue weighted by Crippen LogP contribution is 2.27. The van der Waals surface area contributed by atoms with Crippen molar-refractivity contribution in [1.82, 2.24) is 9.97 Å². The second kappa shape index (κ2) is 4.31. The number of hydrogen-bond acceptors (Lipinski definition) is 3. The van der Waals surface area contributed by atoms with E-state index in [-0.39, 0.29) is 0 Å². The SMILES string of the molecule is Cc1cnccc1N(C)c1cccnc1C. The standard InChI is InChI=1S/C13H15N3/c1-10-9-14-8-6-12(10)16(3)13-5-4-7-15-11(13)2/h4-9H,1-3H3. The normalized spacial score (nSPS) is 10.2. The Bertz CT molecular complexity index is 449. The Morgan fingerprint density at radius 3 is 2.56 bits per heavy atom. The Hall–Kier alpha value is -1.90. The van der Waals surface area contributed by atoms with Gasteiger partial charge in [0.25, 0.3) is 0 Å². The van der Waals surface area contributed by atoms with E-state index in [2.05, 4.69) is 27.9 Å². The largest absolute Gasteiger partial charge is 0.343 e. The molecule has 2 aromatic rings. The smallest absolute Gasteiger partial charge is 0.0624 e. The molecule has 16 heavy (non-hydrogen) atoms. The van der Waals surface area contributed by atoms with Crippen LogP contribution in [0.25, 0.3) is 0 Å². The van der Waals surface area contributed by atoms with Gasteiger partial charge in [-0.25, -0.2) is 0 Å². The van der Waals surface area contributed by atoms with E-state index in [0.717, 1.165) is 22.6 Å². The van der Waals surface area contributed by atoms with E-state index in [0.29, 0.717) is 0 Å². The molecule has 3 nitrogen and oxygen atoms in total. The monoisotopic (exact) mass is 213 g/mol. The van der Waals surface area contributed by atoms with Gasteiger partial charge in [0.2, 0.25) is 0 Å². The zero-order chi connectivity index (χ0) is 11.5. The van der Waals surface area contributed by atoms with Gasteiger partial charge in [-0.2, -0.15) is 0 Å². The molecule has 0 N–H and O–H groups in total. The summed E-state index contributed by atoms with van der Waals surface area (Å²) in [6.07, 6.45) is 5.49. The summed E-state index contributed by atoms with van der Waals surface area (Å²) in [5.74, 6) is 0. The van der Waals surface area contributed by atoms with Crippen LogP contribution in [0.1, 0.15) is 11.3 Å². The maximum absolute atomic E-state index is 4.30. The topological polar surface area (TPSA) is 29.0 Å². The molecule has 0 spiro atoms. The first kappa shape index (κ1) is 10.6. The molecule has 0 aliphatic heterocycles. The Balaban J connectivity index is 2.44. The molecule has 0 unspecified atom stereocenters. The van der Waals surface area contributed by atoms with Crippen molar-refractivity contribution in [1.29, 1.82) is 0 Å². The second-order valence-corrected chi connectivity index (χ2v) is 3.83. The molecule has 0 radical (unpaired) electrons. The summed E-state index contributed by atoms with van der Waals surface area (Å²) in [5.41, 5.74) is 4.47. The number of pyridine rings is 2. The summed E-state index contributed by atoms with van der Waals surface area (Å²) >= 11 is 0. The highest BCUT2D eigenvalue weighted by molar-refractivity contribution is 5.66. The van der Waals surface area contributed by atoms with Crippen molar-refractivity contribution < 1.29 is 0 Å². The van der Waals surface area contributed by atoms with E-state index in [9.17, 15) is 0 Å². The van der Waals surface area contributed by atoms with Crippen LogP contribution in [0.4, 0.5) is 11.4 Å². The van der Waals surface area contributed by atoms with Crippen LogP contribution >= 0.6 is 0 Å². The number of nitrogens with zero attached hydrogens (tertiary/aromatic N) is 3. The van der Waals surface area contributed by atoms with E-state index in [1.54, 1.807) is 0 Å². The van der Waals surface area contributed by atoms with E-state index >= 15 is 0 Å². The number of hydrogen-bond donors (Lipinski definition) is 0. The highest BCUT2D eigenvalue weighted by Gasteiger charge is 2.08. The van der Waals surface area contributed by atoms with Crippen LogP contribution in [-0.2, 0) is 0 Å². The van der Waals surface area contributed by atoms with Gasteiger partial charge in [-0.3, -0.25) is 9.97 Å². The lowest BCUT2D eigenvalue weighted by atomic mass is 10.2. The molecule has 82 valence electrons. The van der Waals surface area contributed by atoms with Crippen molar-refractivity contribution in [2.45, 2.75) is 13.8 Å². The van der Waals surface area contributed by atoms with Crippen LogP contribution < -0.4 is 4.90 Å². The minimum absolute atomic E-state index is 1.03. The molecule has 2 rings (SSSR count). The summed E-state index contributed by atoms with van der Waals surface area (Å²) in [6, 6.07) is 6.04. The average Bonchev–Trinajstić information content (AvgIpc) is 2.29. The van der Waals surface area contributed by atoms with Crippen molar-refractivity contribution in [2.75, 3.05) is 11.9 Å². The summed E-state index contributed by atoms with van der Waals surface area (Å²) in [6.45, 7) is 4.08. The quantitative estimate of drug-likeness (QED) is 0.768. The Morgan fingerprint density at radius 1 is 1.06 bits per heavy atom. The lowest BCUT2D eigenvalue weighted by Crippen LogP contribution is -2.12. The molecule has 0 aliphatic rings. The summed E-state index contributed by atoms with van der Waals surface area (Å²) < 4.78 is 0. The fourth-order valence-corrected chi connectivity index (χ4v) is 1.80. The van der Waals surface area contributed by atoms with E-state index in [1.807, 2.05) is 44.7 Å². The van der Waals surface area contributed by atoms with Crippen molar-refractivity contribution >= 4 is 11.4 Å². The van der Waals surface area contributed by atoms with Crippen LogP contribution in [0.3, 0.4) is 0 Å². The van der Waals surface area contributed by atoms with E-state index in [1.165, 1.54) is 0 Å². The first-order chi connectivity index (χ1) is 7.70. The van der Waals surface area contributed by atoms with Crippen molar-refractivity contribution in [3.05, 3.63) is 48.0 Å². The number of rotatable bonds is 2. The zero-order valence-electron chi connectivity index (χ0n) is 9.81. The molecule has 3 heteroatoms. The fourth-order valence-electron chi connectivity index (χ4n) is 1.80. The molecule has 0 atom stereocenters. The maximum Gasteiger partial charge on any atom is 0.0624 e. The van der Waals surface area contributed by atoms with Crippen LogP contribution in [0.5, 0.6) is 0 Å². The van der Waals surface area contributed by atoms with Gasteiger partial charge >= 0.3 is 0 Å². The third kappa shape index (κ3) is 1.89. The van der Waals surface area contributed by atoms with Crippen LogP contribution in [0.15, 0.2) is 36.8 Å². The van der Waals surface area contributed by atoms with Crippen molar-refractivity contribution in [2.24, 2.45) is 0 Å². The molecule has 2 aromatic heterocycles. The third-order valence-corrected chi connectivity index (χ3v) is 2.69. The molecule has 2 heterocycles. The first-order valence-corrected chi connectivity index (χ1v) is 5.26. The van der Waals surface area contributed by atoms with Crippen LogP contribution in [-0.4, -0.2) is 17.0 Å². The van der Waals surface area contributed by atoms with Crippen molar-refractivity contribution in [3.8, 4) is 0 Å². The number of aryl methyl sites for hydroxylation is 2. The zero-order valence-corrected chi connectivity index (χ0v) is 9.81. The molecule has 0 saturated heterocycles. The van der Waals surface area contributed by atoms with Crippen LogP contribution in [0.2, 0.25) is 0 Å². The summed E-state index contributed by atoms with van der Waals surface area (Å²) in [4.78, 5) is 10.5. The van der Waals surface area contributed by atoms with Gasteiger partial charge in [-0.15, -0.1) is 0 Å². The van der Waals surface area contributed by atoms with Gasteiger partial charge in [0.05, 0.1) is 11.4 Å². The third-order valence-electron chi connectivity index (χ3n) is 2.69. The van der Waals surface area contributed by atoms with Crippen molar-refractivity contribution in [3.63, 3.8) is 0 Å². The minimum Gasteiger partial charge on any atom is -0.343 e.